The first kappa shape index (κ1) is 13.7. The Morgan fingerprint density at radius 3 is 2.74 bits per heavy atom. The zero-order valence-corrected chi connectivity index (χ0v) is 11.0. The van der Waals surface area contributed by atoms with Crippen molar-refractivity contribution in [3.05, 3.63) is 35.9 Å². The Balaban J connectivity index is 2.15. The molecule has 0 bridgehead atoms. The Morgan fingerprint density at radius 1 is 1.42 bits per heavy atom. The molecule has 19 heavy (non-hydrogen) atoms. The molecule has 102 valence electrons. The van der Waals surface area contributed by atoms with Crippen molar-refractivity contribution in [2.24, 2.45) is 5.92 Å². The fourth-order valence-electron chi connectivity index (χ4n) is 2.66. The molecule has 1 aliphatic rings. The molecule has 1 aliphatic carbocycles. The molecule has 2 atom stereocenters. The van der Waals surface area contributed by atoms with Gasteiger partial charge in [-0.25, -0.2) is 4.79 Å². The van der Waals surface area contributed by atoms with Crippen LogP contribution in [0.25, 0.3) is 0 Å². The molecule has 0 aliphatic heterocycles. The van der Waals surface area contributed by atoms with E-state index < -0.39 is 17.4 Å². The van der Waals surface area contributed by atoms with Crippen molar-refractivity contribution in [2.75, 3.05) is 7.11 Å². The summed E-state index contributed by atoms with van der Waals surface area (Å²) < 4.78 is 4.55. The van der Waals surface area contributed by atoms with Gasteiger partial charge in [-0.2, -0.15) is 0 Å². The number of hydrogen-bond donors (Lipinski definition) is 1. The summed E-state index contributed by atoms with van der Waals surface area (Å²) in [5.74, 6) is -1.56. The van der Waals surface area contributed by atoms with Crippen LogP contribution in [0.4, 0.5) is 0 Å². The quantitative estimate of drug-likeness (QED) is 0.662. The van der Waals surface area contributed by atoms with E-state index in [1.165, 1.54) is 7.11 Å². The van der Waals surface area contributed by atoms with Gasteiger partial charge in [0.05, 0.1) is 7.11 Å². The van der Waals surface area contributed by atoms with Crippen molar-refractivity contribution >= 4 is 11.8 Å². The molecular weight excluding hydrogens is 244 g/mol. The van der Waals surface area contributed by atoms with Gasteiger partial charge >= 0.3 is 5.97 Å². The molecule has 4 nitrogen and oxygen atoms in total. The van der Waals surface area contributed by atoms with Crippen molar-refractivity contribution < 1.29 is 19.4 Å². The lowest BCUT2D eigenvalue weighted by molar-refractivity contribution is -0.173. The predicted octanol–water partition coefficient (Wildman–Crippen LogP) is 1.50. The maximum atomic E-state index is 12.3. The Hall–Kier alpha value is -1.68. The number of methoxy groups -OCH3 is 1. The van der Waals surface area contributed by atoms with Gasteiger partial charge in [0.15, 0.2) is 5.78 Å². The fraction of sp³-hybridized carbons (Fsp3) is 0.467. The summed E-state index contributed by atoms with van der Waals surface area (Å²) in [6, 6.07) is 9.62. The predicted molar refractivity (Wildman–Crippen MR) is 69.5 cm³/mol. The molecule has 4 heteroatoms. The van der Waals surface area contributed by atoms with Crippen LogP contribution in [0.15, 0.2) is 30.3 Å². The summed E-state index contributed by atoms with van der Waals surface area (Å²) in [5.41, 5.74) is -0.915. The average Bonchev–Trinajstić information content (AvgIpc) is 2.44. The highest BCUT2D eigenvalue weighted by Gasteiger charge is 2.49. The standard InChI is InChI=1S/C15H18O4/c1-19-14(17)15(18)9-5-8-12(13(15)16)10-11-6-3-2-4-7-11/h2-4,6-7,12,18H,5,8-10H2,1H3/t12-,15+/m0/s1. The van der Waals surface area contributed by atoms with Crippen molar-refractivity contribution in [3.63, 3.8) is 0 Å². The highest BCUT2D eigenvalue weighted by Crippen LogP contribution is 2.32. The largest absolute Gasteiger partial charge is 0.467 e. The number of carbonyl (C=O) groups excluding carboxylic acids is 2. The van der Waals surface area contributed by atoms with Gasteiger partial charge in [0.25, 0.3) is 0 Å². The van der Waals surface area contributed by atoms with Gasteiger partial charge in [-0.05, 0) is 31.2 Å². The third-order valence-corrected chi connectivity index (χ3v) is 3.72. The normalized spacial score (nSPS) is 27.1. The molecule has 0 heterocycles. The number of hydrogen-bond acceptors (Lipinski definition) is 4. The molecule has 1 fully saturated rings. The minimum atomic E-state index is -1.95. The van der Waals surface area contributed by atoms with Gasteiger partial charge in [0, 0.05) is 5.92 Å². The van der Waals surface area contributed by atoms with Gasteiger partial charge < -0.3 is 9.84 Å². The van der Waals surface area contributed by atoms with Crippen LogP contribution in [0.2, 0.25) is 0 Å². The second-order valence-electron chi connectivity index (χ2n) is 4.99. The van der Waals surface area contributed by atoms with Gasteiger partial charge in [-0.1, -0.05) is 30.3 Å². The summed E-state index contributed by atoms with van der Waals surface area (Å²) in [6.45, 7) is 0. The van der Waals surface area contributed by atoms with Gasteiger partial charge in [0.2, 0.25) is 5.60 Å². The number of ether oxygens (including phenoxy) is 1. The van der Waals surface area contributed by atoms with E-state index in [2.05, 4.69) is 4.74 Å². The first-order chi connectivity index (χ1) is 9.08. The maximum Gasteiger partial charge on any atom is 0.345 e. The summed E-state index contributed by atoms with van der Waals surface area (Å²) >= 11 is 0. The van der Waals surface area contributed by atoms with E-state index in [0.717, 1.165) is 5.56 Å². The van der Waals surface area contributed by atoms with E-state index in [1.807, 2.05) is 30.3 Å². The summed E-state index contributed by atoms with van der Waals surface area (Å²) in [7, 11) is 1.19. The second kappa shape index (κ2) is 5.53. The molecule has 0 unspecified atom stereocenters. The third-order valence-electron chi connectivity index (χ3n) is 3.72. The molecule has 2 rings (SSSR count). The molecule has 0 aromatic heterocycles. The zero-order valence-electron chi connectivity index (χ0n) is 11.0. The zero-order chi connectivity index (χ0) is 13.9. The Labute approximate surface area is 112 Å². The van der Waals surface area contributed by atoms with Crippen LogP contribution in [0.3, 0.4) is 0 Å². The van der Waals surface area contributed by atoms with E-state index in [4.69, 9.17) is 0 Å². The van der Waals surface area contributed by atoms with Crippen LogP contribution < -0.4 is 0 Å². The lowest BCUT2D eigenvalue weighted by Gasteiger charge is -2.32. The number of Topliss-reactive ketones (excluding diaryl/α,β-unsaturated/α-hetero) is 1. The topological polar surface area (TPSA) is 63.6 Å². The van der Waals surface area contributed by atoms with Gasteiger partial charge in [-0.15, -0.1) is 0 Å². The number of esters is 1. The van der Waals surface area contributed by atoms with E-state index in [0.29, 0.717) is 19.3 Å². The Kier molecular flexibility index (Phi) is 4.00. The van der Waals surface area contributed by atoms with Crippen molar-refractivity contribution in [2.45, 2.75) is 31.3 Å². The smallest absolute Gasteiger partial charge is 0.345 e. The van der Waals surface area contributed by atoms with Crippen LogP contribution in [-0.2, 0) is 20.7 Å². The van der Waals surface area contributed by atoms with Gasteiger partial charge in [0.1, 0.15) is 0 Å². The lowest BCUT2D eigenvalue weighted by atomic mass is 9.74. The number of benzene rings is 1. The molecule has 0 amide bonds. The number of rotatable bonds is 3. The van der Waals surface area contributed by atoms with E-state index in [9.17, 15) is 14.7 Å². The molecule has 1 aromatic rings. The monoisotopic (exact) mass is 262 g/mol. The number of carbonyl (C=O) groups is 2. The molecule has 1 aromatic carbocycles. The SMILES string of the molecule is COC(=O)[C@@]1(O)CCC[C@@H](Cc2ccccc2)C1=O. The van der Waals surface area contributed by atoms with Crippen molar-refractivity contribution in [1.29, 1.82) is 0 Å². The number of aliphatic hydroxyl groups is 1. The molecule has 1 N–H and O–H groups in total. The molecule has 0 radical (unpaired) electrons. The Morgan fingerprint density at radius 2 is 2.11 bits per heavy atom. The summed E-state index contributed by atoms with van der Waals surface area (Å²) in [5, 5.41) is 10.2. The second-order valence-corrected chi connectivity index (χ2v) is 4.99. The molecular formula is C15H18O4. The van der Waals surface area contributed by atoms with Crippen LogP contribution in [0.1, 0.15) is 24.8 Å². The summed E-state index contributed by atoms with van der Waals surface area (Å²) in [4.78, 5) is 23.9. The highest BCUT2D eigenvalue weighted by atomic mass is 16.5. The van der Waals surface area contributed by atoms with Crippen LogP contribution in [0.5, 0.6) is 0 Å². The third kappa shape index (κ3) is 2.68. The van der Waals surface area contributed by atoms with Crippen molar-refractivity contribution in [3.8, 4) is 0 Å². The highest BCUT2D eigenvalue weighted by molar-refractivity contribution is 6.08. The van der Waals surface area contributed by atoms with E-state index in [-0.39, 0.29) is 12.3 Å². The van der Waals surface area contributed by atoms with Crippen LogP contribution in [-0.4, -0.2) is 29.6 Å². The molecule has 0 spiro atoms. The lowest BCUT2D eigenvalue weighted by Crippen LogP contribution is -2.53. The van der Waals surface area contributed by atoms with E-state index in [1.54, 1.807) is 0 Å². The van der Waals surface area contributed by atoms with Crippen molar-refractivity contribution in [1.82, 2.24) is 0 Å². The first-order valence-electron chi connectivity index (χ1n) is 6.47. The summed E-state index contributed by atoms with van der Waals surface area (Å²) in [6.07, 6.45) is 2.06. The number of ketones is 1. The van der Waals surface area contributed by atoms with Crippen LogP contribution >= 0.6 is 0 Å². The minimum absolute atomic E-state index is 0.157. The van der Waals surface area contributed by atoms with E-state index >= 15 is 0 Å². The fourth-order valence-corrected chi connectivity index (χ4v) is 2.66. The molecule has 1 saturated carbocycles. The first-order valence-corrected chi connectivity index (χ1v) is 6.47. The minimum Gasteiger partial charge on any atom is -0.467 e. The Bertz CT molecular complexity index is 468. The molecule has 0 saturated heterocycles. The van der Waals surface area contributed by atoms with Crippen LogP contribution in [0, 0.1) is 5.92 Å². The maximum absolute atomic E-state index is 12.3. The average molecular weight is 262 g/mol. The van der Waals surface area contributed by atoms with Gasteiger partial charge in [-0.3, -0.25) is 4.79 Å².